The van der Waals surface area contributed by atoms with Crippen molar-refractivity contribution in [2.75, 3.05) is 18.1 Å². The first-order valence-corrected chi connectivity index (χ1v) is 13.3. The number of aryl methyl sites for hydroxylation is 2. The summed E-state index contributed by atoms with van der Waals surface area (Å²) in [5.41, 5.74) is 3.86. The van der Waals surface area contributed by atoms with Crippen LogP contribution in [0.3, 0.4) is 0 Å². The van der Waals surface area contributed by atoms with Crippen molar-refractivity contribution in [2.24, 2.45) is 0 Å². The van der Waals surface area contributed by atoms with E-state index < -0.39 is 6.04 Å². The summed E-state index contributed by atoms with van der Waals surface area (Å²) >= 11 is 6.22. The molecule has 1 amide bonds. The zero-order valence-electron chi connectivity index (χ0n) is 22.0. The molecule has 1 unspecified atom stereocenters. The van der Waals surface area contributed by atoms with Crippen molar-refractivity contribution in [1.29, 1.82) is 0 Å². The van der Waals surface area contributed by atoms with E-state index in [1.165, 1.54) is 0 Å². The first-order valence-electron chi connectivity index (χ1n) is 12.9. The number of unbranched alkanes of at least 4 members (excludes halogenated alkanes) is 1. The van der Waals surface area contributed by atoms with Crippen LogP contribution in [-0.2, 0) is 0 Å². The van der Waals surface area contributed by atoms with E-state index in [9.17, 15) is 9.59 Å². The van der Waals surface area contributed by atoms with Crippen LogP contribution in [0.25, 0.3) is 11.0 Å². The maximum atomic E-state index is 13.9. The summed E-state index contributed by atoms with van der Waals surface area (Å²) in [5, 5.41) is 0.754. The number of nitrogens with zero attached hydrogens (tertiary/aromatic N) is 1. The van der Waals surface area contributed by atoms with Crippen LogP contribution >= 0.6 is 11.6 Å². The Balaban J connectivity index is 1.73. The van der Waals surface area contributed by atoms with Crippen molar-refractivity contribution in [1.82, 2.24) is 0 Å². The highest BCUT2D eigenvalue weighted by atomic mass is 35.5. The monoisotopic (exact) mass is 531 g/mol. The van der Waals surface area contributed by atoms with Crippen LogP contribution in [0.5, 0.6) is 11.5 Å². The van der Waals surface area contributed by atoms with Crippen molar-refractivity contribution < 1.29 is 18.7 Å². The molecule has 2 heterocycles. The van der Waals surface area contributed by atoms with Crippen molar-refractivity contribution in [3.63, 3.8) is 0 Å². The predicted octanol–water partition coefficient (Wildman–Crippen LogP) is 7.39. The standard InChI is InChI=1S/C31H30ClNO5/c1-5-7-14-37-25-12-9-20(16-26(25)36-6-2)28-27-29(34)23-17-21(32)10-13-24(23)38-30(27)31(35)33(28)22-11-8-18(3)19(4)15-22/h8-13,15-17,28H,5-7,14H2,1-4H3. The van der Waals surface area contributed by atoms with E-state index >= 15 is 0 Å². The topological polar surface area (TPSA) is 69.0 Å². The number of halogens is 1. The van der Waals surface area contributed by atoms with Crippen LogP contribution in [0.1, 0.15) is 65.5 Å². The highest BCUT2D eigenvalue weighted by Gasteiger charge is 2.44. The van der Waals surface area contributed by atoms with Gasteiger partial charge in [0.15, 0.2) is 16.9 Å². The zero-order chi connectivity index (χ0) is 27.0. The van der Waals surface area contributed by atoms with Crippen LogP contribution < -0.4 is 19.8 Å². The smallest absolute Gasteiger partial charge is 0.295 e. The fourth-order valence-corrected chi connectivity index (χ4v) is 4.98. The summed E-state index contributed by atoms with van der Waals surface area (Å²) in [7, 11) is 0. The SMILES string of the molecule is CCCCOc1ccc(C2c3c(oc4ccc(Cl)cc4c3=O)C(=O)N2c2ccc(C)c(C)c2)cc1OCC. The third kappa shape index (κ3) is 4.54. The number of fused-ring (bicyclic) bond motifs is 2. The maximum absolute atomic E-state index is 13.9. The molecule has 0 N–H and O–H groups in total. The van der Waals surface area contributed by atoms with Crippen LogP contribution in [0.15, 0.2) is 63.8 Å². The summed E-state index contributed by atoms with van der Waals surface area (Å²) < 4.78 is 18.0. The molecule has 38 heavy (non-hydrogen) atoms. The number of amides is 1. The van der Waals surface area contributed by atoms with E-state index in [1.54, 1.807) is 23.1 Å². The summed E-state index contributed by atoms with van der Waals surface area (Å²) in [6.45, 7) is 9.05. The molecule has 1 aromatic heterocycles. The summed E-state index contributed by atoms with van der Waals surface area (Å²) in [6.07, 6.45) is 1.94. The molecule has 3 aromatic carbocycles. The van der Waals surface area contributed by atoms with E-state index in [0.717, 1.165) is 29.5 Å². The molecule has 0 radical (unpaired) electrons. The van der Waals surface area contributed by atoms with Gasteiger partial charge < -0.3 is 13.9 Å². The molecule has 1 atom stereocenters. The molecule has 1 aliphatic rings. The third-order valence-corrected chi connectivity index (χ3v) is 7.17. The Morgan fingerprint density at radius 3 is 2.47 bits per heavy atom. The highest BCUT2D eigenvalue weighted by Crippen LogP contribution is 2.43. The molecular weight excluding hydrogens is 502 g/mol. The van der Waals surface area contributed by atoms with Gasteiger partial charge in [-0.2, -0.15) is 0 Å². The molecule has 0 spiro atoms. The molecule has 0 bridgehead atoms. The minimum Gasteiger partial charge on any atom is -0.490 e. The molecule has 0 saturated heterocycles. The second kappa shape index (κ2) is 10.5. The lowest BCUT2D eigenvalue weighted by molar-refractivity contribution is 0.0971. The Morgan fingerprint density at radius 1 is 0.921 bits per heavy atom. The van der Waals surface area contributed by atoms with E-state index in [2.05, 4.69) is 6.92 Å². The van der Waals surface area contributed by atoms with Gasteiger partial charge in [0.1, 0.15) is 5.58 Å². The quantitative estimate of drug-likeness (QED) is 0.222. The number of benzene rings is 3. The summed E-state index contributed by atoms with van der Waals surface area (Å²) in [5.74, 6) is 0.858. The lowest BCUT2D eigenvalue weighted by Gasteiger charge is -2.26. The Bertz CT molecular complexity index is 1590. The van der Waals surface area contributed by atoms with Crippen LogP contribution in [0.2, 0.25) is 5.02 Å². The molecular formula is C31H30ClNO5. The van der Waals surface area contributed by atoms with E-state index in [4.69, 9.17) is 25.5 Å². The number of hydrogen-bond acceptors (Lipinski definition) is 5. The molecule has 0 aliphatic carbocycles. The average Bonchev–Trinajstić information content (AvgIpc) is 3.19. The fourth-order valence-electron chi connectivity index (χ4n) is 4.81. The second-order valence-electron chi connectivity index (χ2n) is 9.50. The molecule has 4 aromatic rings. The van der Waals surface area contributed by atoms with Gasteiger partial charge in [0.05, 0.1) is 30.2 Å². The van der Waals surface area contributed by atoms with E-state index in [-0.39, 0.29) is 22.7 Å². The zero-order valence-corrected chi connectivity index (χ0v) is 22.7. The van der Waals surface area contributed by atoms with Crippen LogP contribution in [0, 0.1) is 13.8 Å². The van der Waals surface area contributed by atoms with Crippen molar-refractivity contribution in [3.8, 4) is 11.5 Å². The van der Waals surface area contributed by atoms with E-state index in [0.29, 0.717) is 46.4 Å². The fraction of sp³-hybridized carbons (Fsp3) is 0.290. The molecule has 6 nitrogen and oxygen atoms in total. The van der Waals surface area contributed by atoms with Crippen LogP contribution in [0.4, 0.5) is 5.69 Å². The molecule has 1 aliphatic heterocycles. The number of anilines is 1. The first-order chi connectivity index (χ1) is 18.3. The van der Waals surface area contributed by atoms with Crippen LogP contribution in [-0.4, -0.2) is 19.1 Å². The normalized spacial score (nSPS) is 14.7. The Morgan fingerprint density at radius 2 is 1.74 bits per heavy atom. The van der Waals surface area contributed by atoms with Gasteiger partial charge in [-0.3, -0.25) is 14.5 Å². The Kier molecular flexibility index (Phi) is 7.17. The first kappa shape index (κ1) is 25.9. The van der Waals surface area contributed by atoms with Gasteiger partial charge in [0, 0.05) is 10.7 Å². The van der Waals surface area contributed by atoms with Gasteiger partial charge in [0.25, 0.3) is 5.91 Å². The van der Waals surface area contributed by atoms with Gasteiger partial charge >= 0.3 is 0 Å². The predicted molar refractivity (Wildman–Crippen MR) is 150 cm³/mol. The number of carbonyl (C=O) groups excluding carboxylic acids is 1. The second-order valence-corrected chi connectivity index (χ2v) is 9.94. The number of rotatable bonds is 8. The maximum Gasteiger partial charge on any atom is 0.295 e. The van der Waals surface area contributed by atoms with Gasteiger partial charge in [-0.25, -0.2) is 0 Å². The molecule has 5 rings (SSSR count). The van der Waals surface area contributed by atoms with Gasteiger partial charge in [-0.15, -0.1) is 0 Å². The number of ether oxygens (including phenoxy) is 2. The minimum absolute atomic E-state index is 0.0364. The molecule has 0 saturated carbocycles. The van der Waals surface area contributed by atoms with E-state index in [1.807, 2.05) is 57.2 Å². The molecule has 196 valence electrons. The van der Waals surface area contributed by atoms with Crippen molar-refractivity contribution in [2.45, 2.75) is 46.6 Å². The summed E-state index contributed by atoms with van der Waals surface area (Å²) in [6, 6.07) is 15.5. The Hall–Kier alpha value is -3.77. The average molecular weight is 532 g/mol. The summed E-state index contributed by atoms with van der Waals surface area (Å²) in [4.78, 5) is 29.4. The Labute approximate surface area is 226 Å². The van der Waals surface area contributed by atoms with Gasteiger partial charge in [-0.05, 0) is 86.3 Å². The van der Waals surface area contributed by atoms with Crippen molar-refractivity contribution in [3.05, 3.63) is 97.9 Å². The lowest BCUT2D eigenvalue weighted by atomic mass is 9.97. The van der Waals surface area contributed by atoms with Crippen molar-refractivity contribution >= 4 is 34.2 Å². The largest absolute Gasteiger partial charge is 0.490 e. The number of hydrogen-bond donors (Lipinski definition) is 0. The minimum atomic E-state index is -0.719. The third-order valence-electron chi connectivity index (χ3n) is 6.94. The highest BCUT2D eigenvalue weighted by molar-refractivity contribution is 6.31. The molecule has 0 fully saturated rings. The number of carbonyl (C=O) groups is 1. The van der Waals surface area contributed by atoms with Gasteiger partial charge in [-0.1, -0.05) is 37.1 Å². The van der Waals surface area contributed by atoms with Gasteiger partial charge in [0.2, 0.25) is 5.76 Å². The molecule has 7 heteroatoms. The lowest BCUT2D eigenvalue weighted by Crippen LogP contribution is -2.29.